The highest BCUT2D eigenvalue weighted by molar-refractivity contribution is 6.16. The fourth-order valence-corrected chi connectivity index (χ4v) is 1.31. The summed E-state index contributed by atoms with van der Waals surface area (Å²) in [5, 5.41) is 25.9. The van der Waals surface area contributed by atoms with Gasteiger partial charge in [0.05, 0.1) is 6.21 Å². The Hall–Kier alpha value is -2.71. The summed E-state index contributed by atoms with van der Waals surface area (Å²) in [4.78, 5) is 30.8. The van der Waals surface area contributed by atoms with Gasteiger partial charge in [0.1, 0.15) is 0 Å². The molecule has 4 N–H and O–H groups in total. The highest BCUT2D eigenvalue weighted by Crippen LogP contribution is 2.05. The minimum absolute atomic E-state index is 0.833. The highest BCUT2D eigenvalue weighted by Gasteiger charge is 1.85. The third-order valence-electron chi connectivity index (χ3n) is 2.24. The second-order valence-corrected chi connectivity index (χ2v) is 5.35. The van der Waals surface area contributed by atoms with Crippen LogP contribution in [0.25, 0.3) is 0 Å². The Morgan fingerprint density at radius 1 is 0.750 bits per heavy atom. The Balaban J connectivity index is -0.000000136. The van der Waals surface area contributed by atoms with Crippen LogP contribution in [0.5, 0.6) is 0 Å². The zero-order valence-electron chi connectivity index (χ0n) is 17.7. The number of carboxylic acid groups (broad SMARTS) is 3. The van der Waals surface area contributed by atoms with Crippen molar-refractivity contribution in [2.45, 2.75) is 79.6 Å². The normalized spacial score (nSPS) is 9.89. The Labute approximate surface area is 168 Å². The molecular formula is C19H37N3O6. The van der Waals surface area contributed by atoms with Crippen LogP contribution in [-0.2, 0) is 14.4 Å². The van der Waals surface area contributed by atoms with Gasteiger partial charge in [0.25, 0.3) is 17.9 Å². The summed E-state index contributed by atoms with van der Waals surface area (Å²) in [6.07, 6.45) is 16.4. The summed E-state index contributed by atoms with van der Waals surface area (Å²) in [7, 11) is 0. The molecule has 0 unspecified atom stereocenters. The maximum absolute atomic E-state index is 9.00. The number of carboxylic acids is 3. The van der Waals surface area contributed by atoms with E-state index < -0.39 is 17.9 Å². The van der Waals surface area contributed by atoms with E-state index in [4.69, 9.17) is 29.7 Å². The van der Waals surface area contributed by atoms with Gasteiger partial charge in [-0.15, -0.1) is 0 Å². The fraction of sp³-hybridized carbons (Fsp3) is 0.632. The zero-order chi connectivity index (χ0) is 22.6. The molecule has 0 atom stereocenters. The molecule has 1 aliphatic rings. The fourth-order valence-electron chi connectivity index (χ4n) is 1.31. The van der Waals surface area contributed by atoms with Gasteiger partial charge in [-0.25, -0.2) is 0 Å². The number of unbranched alkanes of at least 4 members (excludes halogenated alkanes) is 6. The van der Waals surface area contributed by atoms with E-state index in [-0.39, 0.29) is 0 Å². The first kappa shape index (κ1) is 32.9. The molecule has 0 aromatic heterocycles. The number of aliphatic imine (C=N–C) groups is 1. The number of rotatable bonds is 6. The molecule has 0 saturated carbocycles. The topological polar surface area (TPSA) is 149 Å². The van der Waals surface area contributed by atoms with E-state index in [0.717, 1.165) is 20.8 Å². The molecule has 0 spiro atoms. The average molecular weight is 404 g/mol. The van der Waals surface area contributed by atoms with Crippen molar-refractivity contribution in [2.75, 3.05) is 0 Å². The van der Waals surface area contributed by atoms with Crippen molar-refractivity contribution in [3.05, 3.63) is 12.4 Å². The van der Waals surface area contributed by atoms with Crippen LogP contribution in [0.3, 0.4) is 0 Å². The average Bonchev–Trinajstić information content (AvgIpc) is 2.86. The van der Waals surface area contributed by atoms with E-state index in [1.165, 1.54) is 44.9 Å². The van der Waals surface area contributed by atoms with Gasteiger partial charge in [0.15, 0.2) is 0 Å². The van der Waals surface area contributed by atoms with Gasteiger partial charge in [-0.1, -0.05) is 58.8 Å². The second-order valence-electron chi connectivity index (χ2n) is 5.35. The van der Waals surface area contributed by atoms with Crippen molar-refractivity contribution >= 4 is 30.3 Å². The summed E-state index contributed by atoms with van der Waals surface area (Å²) in [6.45, 7) is 7.78. The SMILES string of the molecule is C1=CNN=CC=N1.CC(=O)O.CC(=O)O.CC(=O)O.CCCCCCCCC. The van der Waals surface area contributed by atoms with Gasteiger partial charge in [-0.05, 0) is 0 Å². The third kappa shape index (κ3) is 109. The summed E-state index contributed by atoms with van der Waals surface area (Å²) >= 11 is 0. The molecule has 0 fully saturated rings. The molecule has 0 aromatic carbocycles. The molecule has 164 valence electrons. The van der Waals surface area contributed by atoms with Crippen LogP contribution in [0.1, 0.15) is 79.6 Å². The minimum Gasteiger partial charge on any atom is -0.481 e. The smallest absolute Gasteiger partial charge is 0.300 e. The largest absolute Gasteiger partial charge is 0.481 e. The molecule has 0 bridgehead atoms. The van der Waals surface area contributed by atoms with Crippen molar-refractivity contribution < 1.29 is 29.7 Å². The van der Waals surface area contributed by atoms with E-state index in [2.05, 4.69) is 29.4 Å². The molecule has 0 saturated heterocycles. The van der Waals surface area contributed by atoms with Crippen molar-refractivity contribution in [3.8, 4) is 0 Å². The number of aliphatic carboxylic acids is 3. The Morgan fingerprint density at radius 2 is 1.11 bits per heavy atom. The van der Waals surface area contributed by atoms with Gasteiger partial charge in [0.2, 0.25) is 0 Å². The monoisotopic (exact) mass is 403 g/mol. The Morgan fingerprint density at radius 3 is 1.46 bits per heavy atom. The first-order chi connectivity index (χ1) is 13.1. The number of hydrogen-bond acceptors (Lipinski definition) is 6. The van der Waals surface area contributed by atoms with Crippen LogP contribution in [0.15, 0.2) is 22.5 Å². The van der Waals surface area contributed by atoms with E-state index in [1.807, 2.05) is 0 Å². The highest BCUT2D eigenvalue weighted by atomic mass is 16.4. The lowest BCUT2D eigenvalue weighted by atomic mass is 10.1. The van der Waals surface area contributed by atoms with E-state index in [9.17, 15) is 0 Å². The van der Waals surface area contributed by atoms with Gasteiger partial charge in [-0.3, -0.25) is 24.8 Å². The van der Waals surface area contributed by atoms with Crippen LogP contribution in [-0.4, -0.2) is 45.7 Å². The lowest BCUT2D eigenvalue weighted by molar-refractivity contribution is -0.135. The van der Waals surface area contributed by atoms with E-state index in [1.54, 1.807) is 24.8 Å². The van der Waals surface area contributed by atoms with Crippen LogP contribution in [0, 0.1) is 0 Å². The molecule has 1 rings (SSSR count). The van der Waals surface area contributed by atoms with Crippen molar-refractivity contribution in [2.24, 2.45) is 10.1 Å². The summed E-state index contributed by atoms with van der Waals surface area (Å²) in [5.74, 6) is -2.50. The molecule has 9 nitrogen and oxygen atoms in total. The van der Waals surface area contributed by atoms with Crippen molar-refractivity contribution in [1.82, 2.24) is 5.43 Å². The molecule has 9 heteroatoms. The zero-order valence-corrected chi connectivity index (χ0v) is 17.7. The third-order valence-corrected chi connectivity index (χ3v) is 2.24. The summed E-state index contributed by atoms with van der Waals surface area (Å²) < 4.78 is 0. The lowest BCUT2D eigenvalue weighted by Crippen LogP contribution is -1.90. The van der Waals surface area contributed by atoms with Gasteiger partial charge >= 0.3 is 0 Å². The quantitative estimate of drug-likeness (QED) is 0.487. The number of hydrazone groups is 1. The first-order valence-electron chi connectivity index (χ1n) is 9.15. The predicted octanol–water partition coefficient (Wildman–Crippen LogP) is 4.15. The number of hydrogen-bond donors (Lipinski definition) is 4. The van der Waals surface area contributed by atoms with Crippen LogP contribution in [0.2, 0.25) is 0 Å². The molecule has 0 amide bonds. The maximum Gasteiger partial charge on any atom is 0.300 e. The summed E-state index contributed by atoms with van der Waals surface area (Å²) in [6, 6.07) is 0. The lowest BCUT2D eigenvalue weighted by Gasteiger charge is -1.96. The molecule has 0 aromatic rings. The Bertz CT molecular complexity index is 388. The number of nitrogens with one attached hydrogen (secondary N) is 1. The second kappa shape index (κ2) is 32.0. The number of nitrogens with zero attached hydrogens (tertiary/aromatic N) is 2. The molecule has 28 heavy (non-hydrogen) atoms. The van der Waals surface area contributed by atoms with Gasteiger partial charge in [-0.2, -0.15) is 5.10 Å². The van der Waals surface area contributed by atoms with Crippen LogP contribution < -0.4 is 5.43 Å². The molecule has 0 aliphatic carbocycles. The van der Waals surface area contributed by atoms with Crippen molar-refractivity contribution in [3.63, 3.8) is 0 Å². The van der Waals surface area contributed by atoms with E-state index >= 15 is 0 Å². The van der Waals surface area contributed by atoms with Crippen molar-refractivity contribution in [1.29, 1.82) is 0 Å². The number of carbonyl (C=O) groups is 3. The summed E-state index contributed by atoms with van der Waals surface area (Å²) in [5.41, 5.74) is 2.61. The molecular weight excluding hydrogens is 366 g/mol. The molecule has 0 radical (unpaired) electrons. The van der Waals surface area contributed by atoms with Crippen LogP contribution >= 0.6 is 0 Å². The first-order valence-corrected chi connectivity index (χ1v) is 9.15. The maximum atomic E-state index is 9.00. The van der Waals surface area contributed by atoms with E-state index in [0.29, 0.717) is 0 Å². The van der Waals surface area contributed by atoms with Gasteiger partial charge in [0, 0.05) is 39.4 Å². The van der Waals surface area contributed by atoms with Gasteiger partial charge < -0.3 is 15.3 Å². The molecule has 1 heterocycles. The Kier molecular flexibility index (Phi) is 37.6. The molecule has 1 aliphatic heterocycles. The van der Waals surface area contributed by atoms with Crippen LogP contribution in [0.4, 0.5) is 0 Å². The standard InChI is InChI=1S/C9H20.C4H5N3.3C2H4O2/c1-3-5-7-9-8-6-4-2;1-3-6-7-4-2-5-1;3*1-2(3)4/h3-9H2,1-2H3;1-4,6H;3*1H3,(H,3,4). The predicted molar refractivity (Wildman–Crippen MR) is 113 cm³/mol. The minimum atomic E-state index is -0.833.